The third kappa shape index (κ3) is 7.39. The Labute approximate surface area is 229 Å². The number of hydrogen-bond acceptors (Lipinski definition) is 6. The monoisotopic (exact) mass is 553 g/mol. The van der Waals surface area contributed by atoms with Crippen LogP contribution in [-0.2, 0) is 14.3 Å². The summed E-state index contributed by atoms with van der Waals surface area (Å²) in [6, 6.07) is 0.851. The number of aliphatic imine (C=N–C) groups is 1. The Bertz CT molecular complexity index is 1100. The smallest absolute Gasteiger partial charge is 0.432 e. The zero-order chi connectivity index (χ0) is 29.4. The first-order valence-corrected chi connectivity index (χ1v) is 13.5. The number of rotatable bonds is 8. The highest BCUT2D eigenvalue weighted by Gasteiger charge is 2.59. The molecule has 0 aliphatic carbocycles. The van der Waals surface area contributed by atoms with Gasteiger partial charge in [0.25, 0.3) is 0 Å². The summed E-state index contributed by atoms with van der Waals surface area (Å²) in [5.74, 6) is -1.73. The third-order valence-corrected chi connectivity index (χ3v) is 7.00. The van der Waals surface area contributed by atoms with Crippen LogP contribution in [0.1, 0.15) is 78.6 Å². The standard InChI is InChI=1S/C29H42F3N3O4/c1-18(2)17-38-28(23(24(36)37)39-26(4,5)6)10-9-21(34-25(28)29(30,31)32)20-16-33-19(3)15-22(20)35-13-11-27(7,8)12-14-35/h9-10,15-16,18,21,23H,11-14,17H2,1-8H3,(H,36,37)/t21?,23-,28?/m1/s1. The van der Waals surface area contributed by atoms with Gasteiger partial charge in [-0.3, -0.25) is 9.98 Å². The van der Waals surface area contributed by atoms with E-state index in [1.54, 1.807) is 40.8 Å². The molecule has 0 spiro atoms. The number of aryl methyl sites for hydroxylation is 1. The van der Waals surface area contributed by atoms with Gasteiger partial charge in [-0.1, -0.05) is 33.8 Å². The lowest BCUT2D eigenvalue weighted by Crippen LogP contribution is -2.61. The van der Waals surface area contributed by atoms with Crippen LogP contribution in [0.2, 0.25) is 0 Å². The van der Waals surface area contributed by atoms with Gasteiger partial charge in [0.15, 0.2) is 17.4 Å². The molecule has 0 bridgehead atoms. The molecule has 0 radical (unpaired) electrons. The fourth-order valence-corrected chi connectivity index (χ4v) is 4.86. The van der Waals surface area contributed by atoms with Crippen molar-refractivity contribution in [1.82, 2.24) is 4.98 Å². The van der Waals surface area contributed by atoms with Gasteiger partial charge < -0.3 is 19.5 Å². The summed E-state index contributed by atoms with van der Waals surface area (Å²) >= 11 is 0. The molecule has 2 aliphatic rings. The summed E-state index contributed by atoms with van der Waals surface area (Å²) in [6.45, 7) is 16.0. The molecule has 10 heteroatoms. The fraction of sp³-hybridized carbons (Fsp3) is 0.690. The van der Waals surface area contributed by atoms with Crippen molar-refractivity contribution in [3.05, 3.63) is 35.7 Å². The van der Waals surface area contributed by atoms with E-state index in [4.69, 9.17) is 9.47 Å². The Morgan fingerprint density at radius 3 is 2.33 bits per heavy atom. The molecule has 0 amide bonds. The van der Waals surface area contributed by atoms with Crippen LogP contribution in [0.5, 0.6) is 0 Å². The molecule has 3 heterocycles. The molecular formula is C29H42F3N3O4. The van der Waals surface area contributed by atoms with Crippen LogP contribution in [0, 0.1) is 18.3 Å². The molecule has 1 fully saturated rings. The minimum absolute atomic E-state index is 0.123. The molecule has 1 saturated heterocycles. The summed E-state index contributed by atoms with van der Waals surface area (Å²) in [5.41, 5.74) is -2.60. The zero-order valence-electron chi connectivity index (χ0n) is 24.2. The SMILES string of the molecule is Cc1cc(N2CCC(C)(C)CC2)c(C2C=CC(OCC(C)C)([C@H](OC(C)(C)C)C(=O)O)C(C(F)(F)F)=N2)cn1. The topological polar surface area (TPSA) is 84.2 Å². The van der Waals surface area contributed by atoms with Gasteiger partial charge in [0, 0.05) is 36.2 Å². The number of anilines is 1. The van der Waals surface area contributed by atoms with E-state index in [1.165, 1.54) is 12.2 Å². The van der Waals surface area contributed by atoms with E-state index in [-0.39, 0.29) is 17.9 Å². The van der Waals surface area contributed by atoms with E-state index in [9.17, 15) is 23.1 Å². The van der Waals surface area contributed by atoms with Gasteiger partial charge in [-0.05, 0) is 64.0 Å². The third-order valence-electron chi connectivity index (χ3n) is 7.00. The first kappa shape index (κ1) is 31.1. The molecule has 2 unspecified atom stereocenters. The maximum absolute atomic E-state index is 14.8. The number of carboxylic acid groups (broad SMARTS) is 1. The van der Waals surface area contributed by atoms with E-state index < -0.39 is 41.2 Å². The van der Waals surface area contributed by atoms with Crippen LogP contribution < -0.4 is 4.90 Å². The lowest BCUT2D eigenvalue weighted by Gasteiger charge is -2.43. The predicted octanol–water partition coefficient (Wildman–Crippen LogP) is 6.31. The summed E-state index contributed by atoms with van der Waals surface area (Å²) in [6.07, 6.45) is -0.829. The Hall–Kier alpha value is -2.46. The van der Waals surface area contributed by atoms with Crippen LogP contribution in [-0.4, -0.2) is 65.0 Å². The Morgan fingerprint density at radius 2 is 1.82 bits per heavy atom. The van der Waals surface area contributed by atoms with Crippen molar-refractivity contribution < 1.29 is 32.5 Å². The lowest BCUT2D eigenvalue weighted by atomic mass is 9.82. The molecule has 1 aromatic rings. The molecule has 3 atom stereocenters. The Balaban J connectivity index is 2.15. The van der Waals surface area contributed by atoms with Gasteiger partial charge in [0.1, 0.15) is 0 Å². The number of aliphatic carboxylic acids is 1. The van der Waals surface area contributed by atoms with E-state index in [0.29, 0.717) is 5.56 Å². The fourth-order valence-electron chi connectivity index (χ4n) is 4.86. The number of ether oxygens (including phenoxy) is 2. The van der Waals surface area contributed by atoms with Crippen molar-refractivity contribution in [1.29, 1.82) is 0 Å². The van der Waals surface area contributed by atoms with Gasteiger partial charge in [0.05, 0.1) is 18.2 Å². The summed E-state index contributed by atoms with van der Waals surface area (Å²) in [5, 5.41) is 10.1. The molecule has 1 aromatic heterocycles. The second-order valence-electron chi connectivity index (χ2n) is 12.8. The molecule has 0 saturated carbocycles. The predicted molar refractivity (Wildman–Crippen MR) is 145 cm³/mol. The van der Waals surface area contributed by atoms with E-state index in [2.05, 4.69) is 28.7 Å². The van der Waals surface area contributed by atoms with Gasteiger partial charge in [-0.25, -0.2) is 4.79 Å². The number of halogens is 3. The van der Waals surface area contributed by atoms with Crippen molar-refractivity contribution in [2.75, 3.05) is 24.6 Å². The number of pyridine rings is 1. The first-order chi connectivity index (χ1) is 17.8. The maximum Gasteiger partial charge on any atom is 0.432 e. The van der Waals surface area contributed by atoms with E-state index in [1.807, 2.05) is 13.0 Å². The summed E-state index contributed by atoms with van der Waals surface area (Å²) in [7, 11) is 0. The van der Waals surface area contributed by atoms with Gasteiger partial charge in [-0.2, -0.15) is 13.2 Å². The highest BCUT2D eigenvalue weighted by atomic mass is 19.4. The van der Waals surface area contributed by atoms with Crippen LogP contribution >= 0.6 is 0 Å². The quantitative estimate of drug-likeness (QED) is 0.380. The Morgan fingerprint density at radius 1 is 1.21 bits per heavy atom. The number of dihydropyridines is 1. The molecule has 39 heavy (non-hydrogen) atoms. The van der Waals surface area contributed by atoms with Crippen LogP contribution in [0.3, 0.4) is 0 Å². The van der Waals surface area contributed by atoms with E-state index >= 15 is 0 Å². The second kappa shape index (κ2) is 11.2. The van der Waals surface area contributed by atoms with Crippen LogP contribution in [0.4, 0.5) is 18.9 Å². The van der Waals surface area contributed by atoms with Crippen molar-refractivity contribution in [2.24, 2.45) is 16.3 Å². The number of hydrogen-bond donors (Lipinski definition) is 1. The minimum Gasteiger partial charge on any atom is -0.479 e. The number of alkyl halides is 3. The first-order valence-electron chi connectivity index (χ1n) is 13.5. The van der Waals surface area contributed by atoms with Gasteiger partial charge in [-0.15, -0.1) is 0 Å². The summed E-state index contributed by atoms with van der Waals surface area (Å²) < 4.78 is 55.9. The average Bonchev–Trinajstić information content (AvgIpc) is 2.80. The van der Waals surface area contributed by atoms with Gasteiger partial charge in [0.2, 0.25) is 0 Å². The zero-order valence-corrected chi connectivity index (χ0v) is 24.2. The van der Waals surface area contributed by atoms with Crippen molar-refractivity contribution >= 4 is 17.4 Å². The van der Waals surface area contributed by atoms with Crippen LogP contribution in [0.25, 0.3) is 0 Å². The number of nitrogens with zero attached hydrogens (tertiary/aromatic N) is 3. The molecule has 1 N–H and O–H groups in total. The van der Waals surface area contributed by atoms with Crippen molar-refractivity contribution in [3.8, 4) is 0 Å². The molecule has 7 nitrogen and oxygen atoms in total. The van der Waals surface area contributed by atoms with Gasteiger partial charge >= 0.3 is 12.1 Å². The molecule has 3 rings (SSSR count). The minimum atomic E-state index is -4.98. The van der Waals surface area contributed by atoms with Crippen LogP contribution in [0.15, 0.2) is 29.4 Å². The normalized spacial score (nSPS) is 24.6. The van der Waals surface area contributed by atoms with Crippen molar-refractivity contribution in [2.45, 2.75) is 97.8 Å². The Kier molecular flexibility index (Phi) is 8.92. The van der Waals surface area contributed by atoms with E-state index in [0.717, 1.165) is 37.3 Å². The maximum atomic E-state index is 14.8. The summed E-state index contributed by atoms with van der Waals surface area (Å²) in [4.78, 5) is 23.1. The second-order valence-corrected chi connectivity index (χ2v) is 12.8. The average molecular weight is 554 g/mol. The molecular weight excluding hydrogens is 511 g/mol. The number of carboxylic acids is 1. The number of piperidine rings is 1. The molecule has 2 aliphatic heterocycles. The molecule has 218 valence electrons. The highest BCUT2D eigenvalue weighted by molar-refractivity contribution is 6.04. The van der Waals surface area contributed by atoms with Crippen molar-refractivity contribution in [3.63, 3.8) is 0 Å². The number of carbonyl (C=O) groups is 1. The molecule has 0 aromatic carbocycles. The number of aromatic nitrogens is 1. The largest absolute Gasteiger partial charge is 0.479 e. The lowest BCUT2D eigenvalue weighted by molar-refractivity contribution is -0.185. The highest BCUT2D eigenvalue weighted by Crippen LogP contribution is 2.43.